The number of aromatic nitrogens is 4. The maximum atomic E-state index is 13.6. The van der Waals surface area contributed by atoms with E-state index in [1.54, 1.807) is 13.0 Å². The molecule has 0 N–H and O–H groups in total. The van der Waals surface area contributed by atoms with E-state index in [0.29, 0.717) is 11.3 Å². The highest BCUT2D eigenvalue weighted by Gasteiger charge is 2.30. The molecular weight excluding hydrogens is 448 g/mol. The van der Waals surface area contributed by atoms with Gasteiger partial charge in [-0.2, -0.15) is 0 Å². The van der Waals surface area contributed by atoms with Gasteiger partial charge in [-0.15, -0.1) is 0 Å². The van der Waals surface area contributed by atoms with Crippen molar-refractivity contribution < 1.29 is 14.3 Å². The van der Waals surface area contributed by atoms with E-state index >= 15 is 0 Å². The van der Waals surface area contributed by atoms with Gasteiger partial charge in [-0.1, -0.05) is 18.2 Å². The third-order valence-electron chi connectivity index (χ3n) is 6.79. The van der Waals surface area contributed by atoms with Crippen molar-refractivity contribution >= 4 is 33.7 Å². The van der Waals surface area contributed by atoms with Gasteiger partial charge in [0, 0.05) is 47.9 Å². The third kappa shape index (κ3) is 3.58. The van der Waals surface area contributed by atoms with Crippen LogP contribution in [0.3, 0.4) is 0 Å². The second-order valence-corrected chi connectivity index (χ2v) is 8.98. The number of ether oxygens (including phenoxy) is 1. The van der Waals surface area contributed by atoms with Gasteiger partial charge >= 0.3 is 11.7 Å². The molecule has 180 valence electrons. The average molecular weight is 475 g/mol. The van der Waals surface area contributed by atoms with E-state index in [0.717, 1.165) is 34.0 Å². The largest absolute Gasteiger partial charge is 0.462 e. The Morgan fingerprint density at radius 2 is 1.83 bits per heavy atom. The lowest BCUT2D eigenvalue weighted by Gasteiger charge is -2.14. The molecule has 0 unspecified atom stereocenters. The minimum Gasteiger partial charge on any atom is -0.462 e. The standard InChI is InChI=1S/C26H26N4O5/c1-5-35-25(33)17-12-18(15-10-11-15)27-23-22(17)24(32)30(26(34)29(23)4)13-20(31)21-14(2)28(3)19-9-7-6-8-16(19)21/h6-9,12,15H,5,10-11,13H2,1-4H3. The summed E-state index contributed by atoms with van der Waals surface area (Å²) >= 11 is 0. The van der Waals surface area contributed by atoms with Crippen molar-refractivity contribution in [3.8, 4) is 0 Å². The second-order valence-electron chi connectivity index (χ2n) is 8.98. The molecule has 0 radical (unpaired) electrons. The molecule has 0 amide bonds. The van der Waals surface area contributed by atoms with E-state index < -0.39 is 23.8 Å². The molecular formula is C26H26N4O5. The van der Waals surface area contributed by atoms with Crippen LogP contribution >= 0.6 is 0 Å². The lowest BCUT2D eigenvalue weighted by molar-refractivity contribution is 0.0528. The number of pyridine rings is 1. The van der Waals surface area contributed by atoms with Gasteiger partial charge in [0.15, 0.2) is 5.78 Å². The van der Waals surface area contributed by atoms with Crippen molar-refractivity contribution in [1.29, 1.82) is 0 Å². The molecule has 0 bridgehead atoms. The number of hydrogen-bond donors (Lipinski definition) is 0. The molecule has 4 aromatic rings. The van der Waals surface area contributed by atoms with Crippen LogP contribution in [0.5, 0.6) is 0 Å². The lowest BCUT2D eigenvalue weighted by atomic mass is 10.1. The lowest BCUT2D eigenvalue weighted by Crippen LogP contribution is -2.42. The molecule has 9 heteroatoms. The molecule has 0 spiro atoms. The van der Waals surface area contributed by atoms with Crippen LogP contribution in [0.15, 0.2) is 39.9 Å². The highest BCUT2D eigenvalue weighted by atomic mass is 16.5. The zero-order valence-electron chi connectivity index (χ0n) is 20.1. The molecule has 3 heterocycles. The molecule has 35 heavy (non-hydrogen) atoms. The van der Waals surface area contributed by atoms with E-state index in [1.165, 1.54) is 11.6 Å². The van der Waals surface area contributed by atoms with Crippen molar-refractivity contribution in [2.75, 3.05) is 6.61 Å². The summed E-state index contributed by atoms with van der Waals surface area (Å²) in [6.07, 6.45) is 1.87. The summed E-state index contributed by atoms with van der Waals surface area (Å²) < 4.78 is 9.22. The first kappa shape index (κ1) is 22.8. The van der Waals surface area contributed by atoms with Gasteiger partial charge in [0.1, 0.15) is 5.65 Å². The minimum atomic E-state index is -0.729. The molecule has 1 aromatic carbocycles. The van der Waals surface area contributed by atoms with E-state index in [1.807, 2.05) is 42.8 Å². The molecule has 1 saturated carbocycles. The average Bonchev–Trinajstić information content (AvgIpc) is 3.66. The van der Waals surface area contributed by atoms with Gasteiger partial charge in [-0.3, -0.25) is 18.7 Å². The molecule has 1 aliphatic carbocycles. The number of fused-ring (bicyclic) bond motifs is 2. The molecule has 9 nitrogen and oxygen atoms in total. The van der Waals surface area contributed by atoms with E-state index in [-0.39, 0.29) is 34.9 Å². The maximum Gasteiger partial charge on any atom is 0.339 e. The molecule has 0 saturated heterocycles. The number of para-hydroxylation sites is 1. The molecule has 1 fully saturated rings. The molecule has 0 atom stereocenters. The van der Waals surface area contributed by atoms with E-state index in [9.17, 15) is 19.2 Å². The Labute approximate surface area is 200 Å². The number of benzene rings is 1. The fourth-order valence-corrected chi connectivity index (χ4v) is 4.69. The van der Waals surface area contributed by atoms with Crippen molar-refractivity contribution in [2.24, 2.45) is 14.1 Å². The van der Waals surface area contributed by atoms with Crippen LogP contribution in [0.1, 0.15) is 57.8 Å². The van der Waals surface area contributed by atoms with Crippen LogP contribution in [-0.4, -0.2) is 37.0 Å². The minimum absolute atomic E-state index is 0.0163. The Bertz CT molecular complexity index is 1650. The highest BCUT2D eigenvalue weighted by molar-refractivity contribution is 6.09. The number of hydrogen-bond acceptors (Lipinski definition) is 6. The summed E-state index contributed by atoms with van der Waals surface area (Å²) in [5, 5.41) is 0.739. The zero-order valence-corrected chi connectivity index (χ0v) is 20.1. The van der Waals surface area contributed by atoms with E-state index in [4.69, 9.17) is 4.74 Å². The van der Waals surface area contributed by atoms with Crippen LogP contribution in [0.25, 0.3) is 21.9 Å². The Balaban J connectivity index is 1.70. The monoisotopic (exact) mass is 474 g/mol. The Morgan fingerprint density at radius 3 is 2.51 bits per heavy atom. The quantitative estimate of drug-likeness (QED) is 0.314. The van der Waals surface area contributed by atoms with Crippen molar-refractivity contribution in [3.63, 3.8) is 0 Å². The smallest absolute Gasteiger partial charge is 0.339 e. The Hall–Kier alpha value is -4.01. The molecule has 5 rings (SSSR count). The number of esters is 1. The van der Waals surface area contributed by atoms with Crippen LogP contribution in [0, 0.1) is 6.92 Å². The third-order valence-corrected chi connectivity index (χ3v) is 6.79. The SMILES string of the molecule is CCOC(=O)c1cc(C2CC2)nc2c1c(=O)n(CC(=O)c1c(C)n(C)c3ccccc13)c(=O)n2C. The fraction of sp³-hybridized carbons (Fsp3) is 0.346. The normalized spacial score (nSPS) is 13.5. The summed E-state index contributed by atoms with van der Waals surface area (Å²) in [5.41, 5.74) is 1.55. The first-order chi connectivity index (χ1) is 16.7. The maximum absolute atomic E-state index is 13.6. The summed E-state index contributed by atoms with van der Waals surface area (Å²) in [4.78, 5) is 57.6. The van der Waals surface area contributed by atoms with Crippen molar-refractivity contribution in [2.45, 2.75) is 39.2 Å². The van der Waals surface area contributed by atoms with Crippen LogP contribution < -0.4 is 11.2 Å². The fourth-order valence-electron chi connectivity index (χ4n) is 4.69. The van der Waals surface area contributed by atoms with Gasteiger partial charge in [0.05, 0.1) is 24.1 Å². The summed E-state index contributed by atoms with van der Waals surface area (Å²) in [6, 6.07) is 9.08. The van der Waals surface area contributed by atoms with Gasteiger partial charge in [0.2, 0.25) is 0 Å². The Kier molecular flexibility index (Phi) is 5.42. The van der Waals surface area contributed by atoms with Crippen LogP contribution in [0.2, 0.25) is 0 Å². The number of carbonyl (C=O) groups excluding carboxylic acids is 2. The number of carbonyl (C=O) groups is 2. The highest BCUT2D eigenvalue weighted by Crippen LogP contribution is 2.40. The number of aryl methyl sites for hydroxylation is 2. The van der Waals surface area contributed by atoms with Gasteiger partial charge in [-0.05, 0) is 38.8 Å². The number of Topliss-reactive ketones (excluding diaryl/α,β-unsaturated/α-hetero) is 1. The Morgan fingerprint density at radius 1 is 1.11 bits per heavy atom. The summed E-state index contributed by atoms with van der Waals surface area (Å²) in [6.45, 7) is 3.20. The number of nitrogens with zero attached hydrogens (tertiary/aromatic N) is 4. The summed E-state index contributed by atoms with van der Waals surface area (Å²) in [7, 11) is 3.36. The van der Waals surface area contributed by atoms with Gasteiger partial charge < -0.3 is 9.30 Å². The number of ketones is 1. The van der Waals surface area contributed by atoms with Crippen LogP contribution in [-0.2, 0) is 25.4 Å². The topological polar surface area (TPSA) is 105 Å². The second kappa shape index (κ2) is 8.33. The first-order valence-electron chi connectivity index (χ1n) is 11.6. The van der Waals surface area contributed by atoms with E-state index in [2.05, 4.69) is 4.98 Å². The van der Waals surface area contributed by atoms with Crippen molar-refractivity contribution in [1.82, 2.24) is 18.7 Å². The predicted molar refractivity (Wildman–Crippen MR) is 131 cm³/mol. The number of rotatable bonds is 6. The van der Waals surface area contributed by atoms with Gasteiger partial charge in [-0.25, -0.2) is 14.6 Å². The summed E-state index contributed by atoms with van der Waals surface area (Å²) in [5.74, 6) is -0.820. The molecule has 1 aliphatic rings. The van der Waals surface area contributed by atoms with Gasteiger partial charge in [0.25, 0.3) is 5.56 Å². The molecule has 0 aliphatic heterocycles. The van der Waals surface area contributed by atoms with Crippen LogP contribution in [0.4, 0.5) is 0 Å². The first-order valence-corrected chi connectivity index (χ1v) is 11.6. The van der Waals surface area contributed by atoms with Crippen molar-refractivity contribution in [3.05, 3.63) is 73.7 Å². The predicted octanol–water partition coefficient (Wildman–Crippen LogP) is 2.83. The zero-order chi connectivity index (χ0) is 25.0. The molecule has 3 aromatic heterocycles.